The number of hydrogen-bond donors (Lipinski definition) is 0. The van der Waals surface area contributed by atoms with Crippen molar-refractivity contribution in [1.29, 1.82) is 0 Å². The van der Waals surface area contributed by atoms with Crippen molar-refractivity contribution in [2.45, 2.75) is 44.7 Å². The van der Waals surface area contributed by atoms with E-state index in [0.717, 1.165) is 0 Å². The molecule has 0 amide bonds. The summed E-state index contributed by atoms with van der Waals surface area (Å²) < 4.78 is 40.3. The maximum Gasteiger partial charge on any atom is 0.389 e. The van der Waals surface area contributed by atoms with Gasteiger partial charge in [-0.25, -0.2) is 0 Å². The molecule has 0 radical (unpaired) electrons. The summed E-state index contributed by atoms with van der Waals surface area (Å²) in [5.41, 5.74) is 0. The van der Waals surface area contributed by atoms with E-state index in [-0.39, 0.29) is 6.42 Å². The summed E-state index contributed by atoms with van der Waals surface area (Å²) >= 11 is 1.20. The second kappa shape index (κ2) is 5.63. The second-order valence-corrected chi connectivity index (χ2v) is 5.24. The van der Waals surface area contributed by atoms with Crippen molar-refractivity contribution in [2.75, 3.05) is 5.75 Å². The normalized spacial score (nSPS) is 12.7. The highest BCUT2D eigenvalue weighted by Gasteiger charge is 2.27. The lowest BCUT2D eigenvalue weighted by Gasteiger charge is -2.23. The third-order valence-electron chi connectivity index (χ3n) is 1.44. The van der Waals surface area contributed by atoms with Crippen molar-refractivity contribution < 1.29 is 22.7 Å². The molecule has 0 N–H and O–H groups in total. The molecular weight excluding hydrogens is 229 g/mol. The lowest BCUT2D eigenvalue weighted by molar-refractivity contribution is -0.146. The summed E-state index contributed by atoms with van der Waals surface area (Å²) in [5, 5.41) is 0. The highest BCUT2D eigenvalue weighted by Crippen LogP contribution is 2.29. The molecule has 0 aromatic rings. The first-order valence-corrected chi connectivity index (χ1v) is 5.51. The number of rotatable bonds is 5. The second-order valence-electron chi connectivity index (χ2n) is 3.56. The van der Waals surface area contributed by atoms with Crippen LogP contribution in [0.5, 0.6) is 0 Å². The van der Waals surface area contributed by atoms with E-state index in [4.69, 9.17) is 4.74 Å². The van der Waals surface area contributed by atoms with Crippen molar-refractivity contribution in [3.05, 3.63) is 0 Å². The standard InChI is InChI=1S/C9H15F3O2S/c1-7(13)14-8(2,3)15-6-4-5-9(10,11)12/h4-6H2,1-3H3. The van der Waals surface area contributed by atoms with Gasteiger partial charge in [-0.05, 0) is 26.0 Å². The van der Waals surface area contributed by atoms with Gasteiger partial charge in [0, 0.05) is 13.3 Å². The van der Waals surface area contributed by atoms with Gasteiger partial charge in [0.25, 0.3) is 0 Å². The molecule has 0 rings (SSSR count). The van der Waals surface area contributed by atoms with E-state index in [9.17, 15) is 18.0 Å². The first-order chi connectivity index (χ1) is 6.62. The van der Waals surface area contributed by atoms with Crippen LogP contribution in [0.4, 0.5) is 13.2 Å². The van der Waals surface area contributed by atoms with Crippen LogP contribution < -0.4 is 0 Å². The van der Waals surface area contributed by atoms with Crippen LogP contribution >= 0.6 is 11.8 Å². The van der Waals surface area contributed by atoms with Gasteiger partial charge in [-0.1, -0.05) is 0 Å². The van der Waals surface area contributed by atoms with E-state index < -0.39 is 23.5 Å². The minimum atomic E-state index is -4.11. The van der Waals surface area contributed by atoms with Crippen LogP contribution in [0.15, 0.2) is 0 Å². The maximum absolute atomic E-state index is 11.8. The molecular formula is C9H15F3O2S. The van der Waals surface area contributed by atoms with Gasteiger partial charge in [0.05, 0.1) is 0 Å². The van der Waals surface area contributed by atoms with Crippen LogP contribution in [-0.2, 0) is 9.53 Å². The zero-order chi connectivity index (χ0) is 12.1. The summed E-state index contributed by atoms with van der Waals surface area (Å²) in [6, 6.07) is 0. The molecule has 0 fully saturated rings. The Hall–Kier alpha value is -0.390. The molecule has 0 spiro atoms. The van der Waals surface area contributed by atoms with E-state index in [1.54, 1.807) is 13.8 Å². The Morgan fingerprint density at radius 1 is 1.33 bits per heavy atom. The number of alkyl halides is 3. The molecule has 0 heterocycles. The Labute approximate surface area is 91.6 Å². The van der Waals surface area contributed by atoms with E-state index in [1.807, 2.05) is 0 Å². The SMILES string of the molecule is CC(=O)OC(C)(C)SCCCC(F)(F)F. The van der Waals surface area contributed by atoms with E-state index in [2.05, 4.69) is 0 Å². The van der Waals surface area contributed by atoms with E-state index >= 15 is 0 Å². The number of thioether (sulfide) groups is 1. The zero-order valence-electron chi connectivity index (χ0n) is 8.98. The molecule has 0 saturated carbocycles. The minimum absolute atomic E-state index is 0.0405. The third kappa shape index (κ3) is 9.90. The number of halogens is 3. The van der Waals surface area contributed by atoms with Crippen molar-refractivity contribution in [3.8, 4) is 0 Å². The van der Waals surface area contributed by atoms with Crippen LogP contribution in [-0.4, -0.2) is 22.8 Å². The summed E-state index contributed by atoms with van der Waals surface area (Å²) in [6.07, 6.45) is -4.86. The summed E-state index contributed by atoms with van der Waals surface area (Å²) in [7, 11) is 0. The summed E-state index contributed by atoms with van der Waals surface area (Å²) in [4.78, 5) is 9.88. The Morgan fingerprint density at radius 2 is 1.87 bits per heavy atom. The molecule has 0 bridgehead atoms. The molecule has 0 aliphatic heterocycles. The summed E-state index contributed by atoms with van der Waals surface area (Å²) in [6.45, 7) is 4.59. The fourth-order valence-corrected chi connectivity index (χ4v) is 1.92. The average molecular weight is 244 g/mol. The highest BCUT2D eigenvalue weighted by molar-refractivity contribution is 8.00. The van der Waals surface area contributed by atoms with Gasteiger partial charge in [-0.2, -0.15) is 13.2 Å². The number of ether oxygens (including phenoxy) is 1. The Balaban J connectivity index is 3.71. The molecule has 0 aromatic heterocycles. The lowest BCUT2D eigenvalue weighted by Crippen LogP contribution is -2.23. The topological polar surface area (TPSA) is 26.3 Å². The first kappa shape index (κ1) is 14.6. The molecule has 0 aliphatic rings. The van der Waals surface area contributed by atoms with E-state index in [1.165, 1.54) is 18.7 Å². The van der Waals surface area contributed by atoms with Crippen molar-refractivity contribution >= 4 is 17.7 Å². The molecule has 0 aromatic carbocycles. The fourth-order valence-electron chi connectivity index (χ4n) is 0.966. The quantitative estimate of drug-likeness (QED) is 0.421. The van der Waals surface area contributed by atoms with Crippen LogP contribution in [0.3, 0.4) is 0 Å². The Bertz CT molecular complexity index is 214. The molecule has 0 unspecified atom stereocenters. The van der Waals surface area contributed by atoms with Gasteiger partial charge in [-0.3, -0.25) is 4.79 Å². The lowest BCUT2D eigenvalue weighted by atomic mass is 10.3. The number of esters is 1. The van der Waals surface area contributed by atoms with Gasteiger partial charge in [0.15, 0.2) is 4.93 Å². The van der Waals surface area contributed by atoms with Crippen molar-refractivity contribution in [1.82, 2.24) is 0 Å². The maximum atomic E-state index is 11.8. The largest absolute Gasteiger partial charge is 0.449 e. The molecule has 15 heavy (non-hydrogen) atoms. The van der Waals surface area contributed by atoms with Crippen molar-refractivity contribution in [2.24, 2.45) is 0 Å². The Kier molecular flexibility index (Phi) is 5.48. The number of hydrogen-bond acceptors (Lipinski definition) is 3. The number of carbonyl (C=O) groups excluding carboxylic acids is 1. The molecule has 0 saturated heterocycles. The fraction of sp³-hybridized carbons (Fsp3) is 0.889. The molecule has 0 atom stereocenters. The van der Waals surface area contributed by atoms with Gasteiger partial charge in [0.2, 0.25) is 0 Å². The molecule has 2 nitrogen and oxygen atoms in total. The molecule has 90 valence electrons. The predicted octanol–water partition coefficient (Wildman–Crippen LogP) is 3.36. The third-order valence-corrected chi connectivity index (χ3v) is 2.72. The predicted molar refractivity (Wildman–Crippen MR) is 53.6 cm³/mol. The monoisotopic (exact) mass is 244 g/mol. The van der Waals surface area contributed by atoms with Crippen LogP contribution in [0, 0.1) is 0 Å². The zero-order valence-corrected chi connectivity index (χ0v) is 9.80. The van der Waals surface area contributed by atoms with Gasteiger partial charge >= 0.3 is 12.1 Å². The van der Waals surface area contributed by atoms with Crippen molar-refractivity contribution in [3.63, 3.8) is 0 Å². The smallest absolute Gasteiger partial charge is 0.389 e. The average Bonchev–Trinajstić information content (AvgIpc) is 1.93. The number of carbonyl (C=O) groups is 1. The molecule has 0 aliphatic carbocycles. The Morgan fingerprint density at radius 3 is 2.27 bits per heavy atom. The highest BCUT2D eigenvalue weighted by atomic mass is 32.2. The minimum Gasteiger partial charge on any atom is -0.449 e. The molecule has 6 heteroatoms. The van der Waals surface area contributed by atoms with Crippen LogP contribution in [0.2, 0.25) is 0 Å². The van der Waals surface area contributed by atoms with E-state index in [0.29, 0.717) is 5.75 Å². The summed E-state index contributed by atoms with van der Waals surface area (Å²) in [5.74, 6) is -0.108. The first-order valence-electron chi connectivity index (χ1n) is 4.53. The van der Waals surface area contributed by atoms with Crippen LogP contribution in [0.25, 0.3) is 0 Å². The van der Waals surface area contributed by atoms with Crippen LogP contribution in [0.1, 0.15) is 33.6 Å². The van der Waals surface area contributed by atoms with Gasteiger partial charge < -0.3 is 4.74 Å². The van der Waals surface area contributed by atoms with Gasteiger partial charge in [0.1, 0.15) is 0 Å². The van der Waals surface area contributed by atoms with Gasteiger partial charge in [-0.15, -0.1) is 11.8 Å².